The van der Waals surface area contributed by atoms with Crippen molar-refractivity contribution in [3.8, 4) is 89.3 Å². The number of halogens is 2. The summed E-state index contributed by atoms with van der Waals surface area (Å²) in [5.74, 6) is 0. The lowest BCUT2D eigenvalue weighted by Gasteiger charge is -2.22. The summed E-state index contributed by atoms with van der Waals surface area (Å²) in [5.41, 5.74) is 27.5. The first kappa shape index (κ1) is 52.4. The molecule has 3 aliphatic rings. The van der Waals surface area contributed by atoms with Crippen molar-refractivity contribution in [2.24, 2.45) is 0 Å². The van der Waals surface area contributed by atoms with Gasteiger partial charge in [0.15, 0.2) is 0 Å². The van der Waals surface area contributed by atoms with E-state index >= 15 is 0 Å². The molecule has 0 unspecified atom stereocenters. The van der Waals surface area contributed by atoms with Crippen molar-refractivity contribution in [3.63, 3.8) is 0 Å². The van der Waals surface area contributed by atoms with Gasteiger partial charge in [0, 0.05) is 33.4 Å². The molecule has 3 aliphatic carbocycles. The lowest BCUT2D eigenvalue weighted by atomic mass is 9.78. The molecule has 9 heteroatoms. The van der Waals surface area contributed by atoms with Crippen LogP contribution in [0.1, 0.15) is 74.9 Å². The Morgan fingerprint density at radius 2 is 0.625 bits per heavy atom. The highest BCUT2D eigenvalue weighted by molar-refractivity contribution is 6.58. The van der Waals surface area contributed by atoms with Gasteiger partial charge >= 0.3 is 7.12 Å². The molecule has 0 amide bonds. The predicted octanol–water partition coefficient (Wildman–Crippen LogP) is 16.9. The summed E-state index contributed by atoms with van der Waals surface area (Å²) in [4.78, 5) is 16.7. The van der Waals surface area contributed by atoms with Crippen molar-refractivity contribution in [1.82, 2.24) is 19.9 Å². The van der Waals surface area contributed by atoms with E-state index in [0.29, 0.717) is 15.8 Å². The Bertz CT molecular complexity index is 4020. The summed E-state index contributed by atoms with van der Waals surface area (Å²) in [6.07, 6.45) is 3.00. The fourth-order valence-corrected chi connectivity index (χ4v) is 12.6. The van der Waals surface area contributed by atoms with E-state index in [2.05, 4.69) is 234 Å². The van der Waals surface area contributed by atoms with Crippen LogP contribution in [-0.2, 0) is 16.2 Å². The van der Waals surface area contributed by atoms with Gasteiger partial charge in [-0.1, -0.05) is 235 Å². The quantitative estimate of drug-likeness (QED) is 0.127. The number of fused-ring (bicyclic) bond motifs is 9. The SMILES string of the molecule is CC1(C)c2ccccc2-c2ccc(-c3cccc(-c4cc(-c5cccc(-c6ccc7c(c6)C(C)(C)c6ccccc6-7)c5)ncn4)c3)cc21.CC1(C)c2ccccc2-c2ccc(-c3cccc(B(O)O)c3)cc21.Clc1cc(Cl)ncn1. The first-order valence-corrected chi connectivity index (χ1v) is 27.7. The number of aromatic nitrogens is 4. The molecule has 390 valence electrons. The Hall–Kier alpha value is -8.30. The Morgan fingerprint density at radius 3 is 1.00 bits per heavy atom. The van der Waals surface area contributed by atoms with Crippen LogP contribution in [0.5, 0.6) is 0 Å². The van der Waals surface area contributed by atoms with Crippen LogP contribution in [0.15, 0.2) is 225 Å². The molecule has 0 saturated carbocycles. The maximum Gasteiger partial charge on any atom is 0.488 e. The van der Waals surface area contributed by atoms with E-state index in [-0.39, 0.29) is 16.2 Å². The highest BCUT2D eigenvalue weighted by atomic mass is 35.5. The normalized spacial score (nSPS) is 13.9. The van der Waals surface area contributed by atoms with Crippen molar-refractivity contribution in [3.05, 3.63) is 269 Å². The second-order valence-corrected chi connectivity index (χ2v) is 23.2. The van der Waals surface area contributed by atoms with Crippen LogP contribution in [0.3, 0.4) is 0 Å². The largest absolute Gasteiger partial charge is 0.488 e. The molecule has 0 radical (unpaired) electrons. The van der Waals surface area contributed by atoms with Crippen LogP contribution in [-0.4, -0.2) is 37.1 Å². The van der Waals surface area contributed by atoms with Crippen molar-refractivity contribution in [2.45, 2.75) is 57.8 Å². The van der Waals surface area contributed by atoms with Crippen LogP contribution in [0.2, 0.25) is 10.3 Å². The molecule has 0 fully saturated rings. The summed E-state index contributed by atoms with van der Waals surface area (Å²) in [7, 11) is -1.44. The summed E-state index contributed by atoms with van der Waals surface area (Å²) >= 11 is 10.8. The molecule has 80 heavy (non-hydrogen) atoms. The van der Waals surface area contributed by atoms with Crippen molar-refractivity contribution < 1.29 is 10.0 Å². The first-order valence-electron chi connectivity index (χ1n) is 26.9. The minimum Gasteiger partial charge on any atom is -0.423 e. The van der Waals surface area contributed by atoms with Crippen LogP contribution in [0.25, 0.3) is 89.3 Å². The van der Waals surface area contributed by atoms with Gasteiger partial charge in [-0.25, -0.2) is 19.9 Å². The van der Waals surface area contributed by atoms with Gasteiger partial charge in [-0.3, -0.25) is 0 Å². The fraction of sp³-hybridized carbons (Fsp3) is 0.127. The summed E-state index contributed by atoms with van der Waals surface area (Å²) in [5, 5.41) is 19.5. The Balaban J connectivity index is 0.000000164. The molecule has 2 N–H and O–H groups in total. The minimum atomic E-state index is -1.44. The molecular weight excluding hydrogens is 1020 g/mol. The summed E-state index contributed by atoms with van der Waals surface area (Å²) in [6.45, 7) is 13.8. The van der Waals surface area contributed by atoms with Crippen LogP contribution in [0.4, 0.5) is 0 Å². The summed E-state index contributed by atoms with van der Waals surface area (Å²) < 4.78 is 0. The van der Waals surface area contributed by atoms with Crippen LogP contribution < -0.4 is 5.46 Å². The molecule has 0 saturated heterocycles. The van der Waals surface area contributed by atoms with Gasteiger partial charge in [0.25, 0.3) is 0 Å². The topological polar surface area (TPSA) is 92.0 Å². The zero-order valence-corrected chi connectivity index (χ0v) is 46.9. The second kappa shape index (κ2) is 20.7. The Morgan fingerprint density at radius 1 is 0.300 bits per heavy atom. The lowest BCUT2D eigenvalue weighted by molar-refractivity contribution is 0.426. The van der Waals surface area contributed by atoms with Gasteiger partial charge in [-0.05, 0) is 142 Å². The third-order valence-corrected chi connectivity index (χ3v) is 16.9. The highest BCUT2D eigenvalue weighted by Gasteiger charge is 2.37. The maximum atomic E-state index is 9.41. The minimum absolute atomic E-state index is 0.0311. The van der Waals surface area contributed by atoms with E-state index in [4.69, 9.17) is 33.2 Å². The lowest BCUT2D eigenvalue weighted by Crippen LogP contribution is -2.29. The van der Waals surface area contributed by atoms with E-state index < -0.39 is 7.12 Å². The molecular formula is C71H57BCl2N4O2. The first-order chi connectivity index (χ1) is 38.6. The highest BCUT2D eigenvalue weighted by Crippen LogP contribution is 2.52. The third kappa shape index (κ3) is 9.54. The third-order valence-electron chi connectivity index (χ3n) is 16.5. The Kier molecular flexibility index (Phi) is 13.6. The number of hydrogen-bond acceptors (Lipinski definition) is 6. The standard InChI is InChI=1S/C46H36N2.C21H19BO2.C4H2Cl2N2/c1-45(2)39-17-7-5-15-35(39)37-21-19-31(25-41(37)45)29-11-9-13-33(23-29)43-27-44(48-28-47-43)34-14-10-12-30(24-34)32-20-22-38-36-16-6-8-18-40(36)46(3,4)42(38)26-32;1-21(2)19-9-4-3-8-17(19)18-11-10-15(13-20(18)21)14-6-5-7-16(12-14)22(23)24;5-3-1-4(6)8-2-7-3/h5-28H,1-4H3;3-13,23-24H,1-2H3;1-2H. The Labute approximate surface area is 478 Å². The van der Waals surface area contributed by atoms with Gasteiger partial charge in [0.2, 0.25) is 0 Å². The predicted molar refractivity (Wildman–Crippen MR) is 330 cm³/mol. The van der Waals surface area contributed by atoms with Gasteiger partial charge < -0.3 is 10.0 Å². The van der Waals surface area contributed by atoms with E-state index in [9.17, 15) is 10.0 Å². The van der Waals surface area contributed by atoms with Gasteiger partial charge in [0.1, 0.15) is 23.0 Å². The zero-order chi connectivity index (χ0) is 55.5. The number of nitrogens with zero attached hydrogens (tertiary/aromatic N) is 4. The molecule has 0 aliphatic heterocycles. The number of rotatable bonds is 6. The zero-order valence-electron chi connectivity index (χ0n) is 45.4. The smallest absolute Gasteiger partial charge is 0.423 e. The monoisotopic (exact) mass is 1080 g/mol. The number of benzene rings is 9. The molecule has 6 nitrogen and oxygen atoms in total. The molecule has 0 bridgehead atoms. The molecule has 0 atom stereocenters. The second-order valence-electron chi connectivity index (χ2n) is 22.4. The van der Waals surface area contributed by atoms with Crippen LogP contribution in [0, 0.1) is 0 Å². The van der Waals surface area contributed by atoms with Gasteiger partial charge in [-0.15, -0.1) is 0 Å². The average molecular weight is 1080 g/mol. The van der Waals surface area contributed by atoms with E-state index in [1.165, 1.54) is 101 Å². The molecule has 0 spiro atoms. The molecule has 9 aromatic carbocycles. The average Bonchev–Trinajstić information content (AvgIpc) is 3.92. The van der Waals surface area contributed by atoms with E-state index in [1.54, 1.807) is 12.4 Å². The van der Waals surface area contributed by atoms with E-state index in [0.717, 1.165) is 33.6 Å². The van der Waals surface area contributed by atoms with E-state index in [1.807, 2.05) is 18.2 Å². The summed E-state index contributed by atoms with van der Waals surface area (Å²) in [6, 6.07) is 75.0. The molecule has 11 aromatic rings. The molecule has 14 rings (SSSR count). The maximum absolute atomic E-state index is 9.41. The fourth-order valence-electron chi connectivity index (χ4n) is 12.2. The van der Waals surface area contributed by atoms with Crippen LogP contribution >= 0.6 is 23.2 Å². The molecule has 2 heterocycles. The van der Waals surface area contributed by atoms with Gasteiger partial charge in [0.05, 0.1) is 11.4 Å². The van der Waals surface area contributed by atoms with Crippen molar-refractivity contribution >= 4 is 35.8 Å². The van der Waals surface area contributed by atoms with Crippen molar-refractivity contribution in [2.75, 3.05) is 0 Å². The number of hydrogen-bond donors (Lipinski definition) is 2. The van der Waals surface area contributed by atoms with Gasteiger partial charge in [-0.2, -0.15) is 0 Å². The van der Waals surface area contributed by atoms with Crippen molar-refractivity contribution in [1.29, 1.82) is 0 Å². The molecule has 2 aromatic heterocycles.